The zero-order chi connectivity index (χ0) is 24.9. The quantitative estimate of drug-likeness (QED) is 0.533. The maximum atomic E-state index is 13.5. The van der Waals surface area contributed by atoms with Gasteiger partial charge in [0.1, 0.15) is 0 Å². The first-order chi connectivity index (χ1) is 17.6. The number of carbonyl (C=O) groups is 3. The Hall–Kier alpha value is -3.85. The Morgan fingerprint density at radius 2 is 1.47 bits per heavy atom. The van der Waals surface area contributed by atoms with Gasteiger partial charge in [-0.2, -0.15) is 0 Å². The molecule has 3 aromatic rings. The molecule has 1 aromatic heterocycles. The highest BCUT2D eigenvalue weighted by Gasteiger charge is 2.27. The van der Waals surface area contributed by atoms with E-state index in [2.05, 4.69) is 15.5 Å². The number of piperazine rings is 1. The van der Waals surface area contributed by atoms with Crippen LogP contribution in [0.3, 0.4) is 0 Å². The predicted octanol–water partition coefficient (Wildman–Crippen LogP) is 4.59. The number of nitrogens with one attached hydrogen (secondary N) is 2. The van der Waals surface area contributed by atoms with E-state index < -0.39 is 0 Å². The number of likely N-dealkylation sites (tertiary alicyclic amines) is 1. The lowest BCUT2D eigenvalue weighted by molar-refractivity contribution is 0.0792. The first-order valence-electron chi connectivity index (χ1n) is 12.2. The number of para-hydroxylation sites is 1. The van der Waals surface area contributed by atoms with Crippen LogP contribution in [-0.4, -0.2) is 66.9 Å². The van der Waals surface area contributed by atoms with Crippen LogP contribution in [0.1, 0.15) is 32.9 Å². The third-order valence-corrected chi connectivity index (χ3v) is 7.42. The van der Waals surface area contributed by atoms with Gasteiger partial charge in [-0.25, -0.2) is 4.79 Å². The van der Waals surface area contributed by atoms with E-state index in [9.17, 15) is 14.4 Å². The Balaban J connectivity index is 1.31. The van der Waals surface area contributed by atoms with E-state index in [1.165, 1.54) is 11.3 Å². The summed E-state index contributed by atoms with van der Waals surface area (Å²) in [6.07, 6.45) is 2.01. The summed E-state index contributed by atoms with van der Waals surface area (Å²) in [5.74, 6) is -0.200. The maximum absolute atomic E-state index is 13.5. The highest BCUT2D eigenvalue weighted by molar-refractivity contribution is 7.12. The normalized spacial score (nSPS) is 15.6. The van der Waals surface area contributed by atoms with Crippen molar-refractivity contribution in [3.8, 4) is 0 Å². The van der Waals surface area contributed by atoms with E-state index >= 15 is 0 Å². The van der Waals surface area contributed by atoms with Gasteiger partial charge < -0.3 is 25.3 Å². The number of urea groups is 1. The van der Waals surface area contributed by atoms with Crippen LogP contribution in [0.5, 0.6) is 0 Å². The molecule has 0 unspecified atom stereocenters. The summed E-state index contributed by atoms with van der Waals surface area (Å²) in [6.45, 7) is 3.82. The van der Waals surface area contributed by atoms with Gasteiger partial charge in [0.15, 0.2) is 0 Å². The highest BCUT2D eigenvalue weighted by atomic mass is 32.1. The van der Waals surface area contributed by atoms with Crippen LogP contribution in [0.25, 0.3) is 0 Å². The topological polar surface area (TPSA) is 85.0 Å². The van der Waals surface area contributed by atoms with Gasteiger partial charge in [0, 0.05) is 56.3 Å². The van der Waals surface area contributed by atoms with E-state index in [1.54, 1.807) is 17.0 Å². The molecule has 2 aliphatic heterocycles. The molecule has 4 amide bonds. The number of hydrogen-bond donors (Lipinski definition) is 2. The highest BCUT2D eigenvalue weighted by Crippen LogP contribution is 2.29. The van der Waals surface area contributed by atoms with Gasteiger partial charge in [-0.3, -0.25) is 9.59 Å². The summed E-state index contributed by atoms with van der Waals surface area (Å²) in [5, 5.41) is 7.73. The van der Waals surface area contributed by atoms with Crippen LogP contribution in [0.2, 0.25) is 0 Å². The van der Waals surface area contributed by atoms with Gasteiger partial charge in [-0.1, -0.05) is 24.3 Å². The van der Waals surface area contributed by atoms with Crippen LogP contribution >= 0.6 is 11.3 Å². The fraction of sp³-hybridized carbons (Fsp3) is 0.296. The monoisotopic (exact) mass is 503 g/mol. The molecule has 0 aliphatic carbocycles. The molecule has 2 fully saturated rings. The number of amides is 4. The minimum absolute atomic E-state index is 0.0148. The molecule has 0 spiro atoms. The summed E-state index contributed by atoms with van der Waals surface area (Å²) >= 11 is 1.38. The Morgan fingerprint density at radius 1 is 0.722 bits per heavy atom. The Bertz CT molecular complexity index is 1220. The van der Waals surface area contributed by atoms with E-state index in [-0.39, 0.29) is 17.8 Å². The van der Waals surface area contributed by atoms with Crippen LogP contribution < -0.4 is 15.5 Å². The number of nitrogens with zero attached hydrogens (tertiary/aromatic N) is 3. The number of hydrogen-bond acceptors (Lipinski definition) is 5. The lowest BCUT2D eigenvalue weighted by Gasteiger charge is -2.37. The summed E-state index contributed by atoms with van der Waals surface area (Å²) in [7, 11) is 0. The zero-order valence-electron chi connectivity index (χ0n) is 20.0. The first-order valence-corrected chi connectivity index (χ1v) is 13.1. The third kappa shape index (κ3) is 5.36. The van der Waals surface area contributed by atoms with E-state index in [0.29, 0.717) is 42.3 Å². The molecule has 9 heteroatoms. The van der Waals surface area contributed by atoms with E-state index in [0.717, 1.165) is 37.3 Å². The van der Waals surface area contributed by atoms with Gasteiger partial charge >= 0.3 is 6.03 Å². The van der Waals surface area contributed by atoms with Crippen molar-refractivity contribution in [1.82, 2.24) is 9.80 Å². The van der Waals surface area contributed by atoms with Crippen molar-refractivity contribution in [2.24, 2.45) is 0 Å². The fourth-order valence-electron chi connectivity index (χ4n) is 4.63. The standard InChI is InChI=1S/C27H29N5O3S/c33-25(24-9-6-18-36-24)28-21-10-11-23(22(19-21)26(34)31-12-4-5-13-31)30-14-16-32(17-15-30)27(35)29-20-7-2-1-3-8-20/h1-3,6-11,18-19H,4-5,12-17H2,(H,28,33)(H,29,35). The second-order valence-electron chi connectivity index (χ2n) is 8.93. The van der Waals surface area contributed by atoms with Crippen LogP contribution in [0, 0.1) is 0 Å². The molecular weight excluding hydrogens is 474 g/mol. The summed E-state index contributed by atoms with van der Waals surface area (Å²) in [5.41, 5.74) is 2.79. The third-order valence-electron chi connectivity index (χ3n) is 6.56. The Morgan fingerprint density at radius 3 is 2.17 bits per heavy atom. The lowest BCUT2D eigenvalue weighted by Crippen LogP contribution is -2.50. The molecule has 186 valence electrons. The van der Waals surface area contributed by atoms with Crippen molar-refractivity contribution in [2.45, 2.75) is 12.8 Å². The molecule has 0 saturated carbocycles. The summed E-state index contributed by atoms with van der Waals surface area (Å²) in [6, 6.07) is 18.4. The molecule has 0 radical (unpaired) electrons. The average Bonchev–Trinajstić information content (AvgIpc) is 3.64. The molecule has 2 N–H and O–H groups in total. The molecule has 0 bridgehead atoms. The van der Waals surface area contributed by atoms with Crippen LogP contribution in [0.4, 0.5) is 21.9 Å². The minimum atomic E-state index is -0.185. The summed E-state index contributed by atoms with van der Waals surface area (Å²) in [4.78, 5) is 45.2. The molecular formula is C27H29N5O3S. The number of rotatable bonds is 5. The van der Waals surface area contributed by atoms with Crippen molar-refractivity contribution in [2.75, 3.05) is 54.8 Å². The number of thiophene rings is 1. The van der Waals surface area contributed by atoms with E-state index in [4.69, 9.17) is 0 Å². The van der Waals surface area contributed by atoms with Crippen molar-refractivity contribution < 1.29 is 14.4 Å². The predicted molar refractivity (Wildman–Crippen MR) is 143 cm³/mol. The van der Waals surface area contributed by atoms with Gasteiger partial charge in [-0.05, 0) is 54.6 Å². The minimum Gasteiger partial charge on any atom is -0.367 e. The van der Waals surface area contributed by atoms with Gasteiger partial charge in [0.25, 0.3) is 11.8 Å². The first kappa shape index (κ1) is 23.9. The average molecular weight is 504 g/mol. The van der Waals surface area contributed by atoms with Crippen molar-refractivity contribution in [3.63, 3.8) is 0 Å². The molecule has 2 aromatic carbocycles. The Labute approximate surface area is 214 Å². The fourth-order valence-corrected chi connectivity index (χ4v) is 5.25. The second-order valence-corrected chi connectivity index (χ2v) is 9.88. The van der Waals surface area contributed by atoms with Crippen LogP contribution in [0.15, 0.2) is 66.0 Å². The van der Waals surface area contributed by atoms with Crippen LogP contribution in [-0.2, 0) is 0 Å². The van der Waals surface area contributed by atoms with Gasteiger partial charge in [0.05, 0.1) is 10.4 Å². The molecule has 5 rings (SSSR count). The smallest absolute Gasteiger partial charge is 0.321 e. The largest absolute Gasteiger partial charge is 0.367 e. The number of carbonyl (C=O) groups excluding carboxylic acids is 3. The number of anilines is 3. The second kappa shape index (κ2) is 10.8. The van der Waals surface area contributed by atoms with Crippen molar-refractivity contribution in [3.05, 3.63) is 76.5 Å². The molecule has 3 heterocycles. The molecule has 2 saturated heterocycles. The zero-order valence-corrected chi connectivity index (χ0v) is 20.8. The van der Waals surface area contributed by atoms with Crippen molar-refractivity contribution in [1.29, 1.82) is 0 Å². The SMILES string of the molecule is O=C(Nc1ccc(N2CCN(C(=O)Nc3ccccc3)CC2)c(C(=O)N2CCCC2)c1)c1cccs1. The van der Waals surface area contributed by atoms with E-state index in [1.807, 2.05) is 58.8 Å². The summed E-state index contributed by atoms with van der Waals surface area (Å²) < 4.78 is 0. The van der Waals surface area contributed by atoms with Gasteiger partial charge in [-0.15, -0.1) is 11.3 Å². The maximum Gasteiger partial charge on any atom is 0.321 e. The number of benzene rings is 2. The Kier molecular flexibility index (Phi) is 7.18. The molecule has 0 atom stereocenters. The molecule has 8 nitrogen and oxygen atoms in total. The lowest BCUT2D eigenvalue weighted by atomic mass is 10.1. The molecule has 36 heavy (non-hydrogen) atoms. The van der Waals surface area contributed by atoms with Gasteiger partial charge in [0.2, 0.25) is 0 Å². The molecule has 2 aliphatic rings. The van der Waals surface area contributed by atoms with Crippen molar-refractivity contribution >= 4 is 46.2 Å².